The van der Waals surface area contributed by atoms with Gasteiger partial charge in [0, 0.05) is 30.4 Å². The van der Waals surface area contributed by atoms with Crippen LogP contribution in [0.5, 0.6) is 0 Å². The first-order valence-electron chi connectivity index (χ1n) is 10.5. The molecule has 4 rings (SSSR count). The predicted octanol–water partition coefficient (Wildman–Crippen LogP) is 5.00. The highest BCUT2D eigenvalue weighted by Crippen LogP contribution is 2.28. The second-order valence-corrected chi connectivity index (χ2v) is 7.90. The molecule has 0 saturated heterocycles. The fourth-order valence-electron chi connectivity index (χ4n) is 3.96. The summed E-state index contributed by atoms with van der Waals surface area (Å²) in [5, 5.41) is 3.12. The molecule has 0 fully saturated rings. The van der Waals surface area contributed by atoms with Crippen molar-refractivity contribution in [2.75, 3.05) is 11.4 Å². The van der Waals surface area contributed by atoms with Crippen LogP contribution in [0.4, 0.5) is 5.69 Å². The molecule has 0 unspecified atom stereocenters. The predicted molar refractivity (Wildman–Crippen MR) is 119 cm³/mol. The molecule has 0 bridgehead atoms. The maximum Gasteiger partial charge on any atom is 0.251 e. The van der Waals surface area contributed by atoms with Gasteiger partial charge < -0.3 is 10.2 Å². The summed E-state index contributed by atoms with van der Waals surface area (Å²) in [5.41, 5.74) is 6.02. The molecule has 0 spiro atoms. The average Bonchev–Trinajstić information content (AvgIpc) is 3.16. The Morgan fingerprint density at radius 2 is 1.66 bits per heavy atom. The van der Waals surface area contributed by atoms with E-state index in [0.29, 0.717) is 0 Å². The monoisotopic (exact) mass is 384 g/mol. The number of anilines is 1. The smallest absolute Gasteiger partial charge is 0.251 e. The molecular weight excluding hydrogens is 356 g/mol. The second-order valence-electron chi connectivity index (χ2n) is 7.90. The van der Waals surface area contributed by atoms with Gasteiger partial charge in [0.2, 0.25) is 0 Å². The first-order chi connectivity index (χ1) is 14.2. The standard InChI is InChI=1S/C26H28N2O/c1-20(11-12-21-7-3-2-4-8-21)27-26(29)24-15-13-22(14-16-24)19-28-18-17-23-9-5-6-10-25(23)28/h2-10,13-16,20H,11-12,17-19H2,1H3,(H,27,29)/t20-/m1/s1. The number of carbonyl (C=O) groups excluding carboxylic acids is 1. The van der Waals surface area contributed by atoms with E-state index in [-0.39, 0.29) is 11.9 Å². The van der Waals surface area contributed by atoms with Crippen molar-refractivity contribution < 1.29 is 4.79 Å². The number of benzene rings is 3. The third kappa shape index (κ3) is 4.86. The summed E-state index contributed by atoms with van der Waals surface area (Å²) in [5.74, 6) is 0.00336. The van der Waals surface area contributed by atoms with E-state index in [1.54, 1.807) is 0 Å². The van der Waals surface area contributed by atoms with Crippen LogP contribution in [0.3, 0.4) is 0 Å². The van der Waals surface area contributed by atoms with Crippen LogP contribution in [0.15, 0.2) is 78.9 Å². The molecular formula is C26H28N2O. The van der Waals surface area contributed by atoms with E-state index >= 15 is 0 Å². The lowest BCUT2D eigenvalue weighted by Crippen LogP contribution is -2.32. The number of carbonyl (C=O) groups is 1. The molecule has 1 heterocycles. The largest absolute Gasteiger partial charge is 0.367 e. The van der Waals surface area contributed by atoms with Crippen molar-refractivity contribution in [2.24, 2.45) is 0 Å². The van der Waals surface area contributed by atoms with E-state index in [1.165, 1.54) is 22.4 Å². The summed E-state index contributed by atoms with van der Waals surface area (Å²) in [6.07, 6.45) is 3.01. The van der Waals surface area contributed by atoms with Crippen molar-refractivity contribution in [3.63, 3.8) is 0 Å². The Kier molecular flexibility index (Phi) is 5.95. The summed E-state index contributed by atoms with van der Waals surface area (Å²) in [7, 11) is 0. The highest BCUT2D eigenvalue weighted by molar-refractivity contribution is 5.94. The zero-order valence-electron chi connectivity index (χ0n) is 17.0. The van der Waals surface area contributed by atoms with E-state index in [1.807, 2.05) is 18.2 Å². The van der Waals surface area contributed by atoms with Crippen molar-refractivity contribution in [1.82, 2.24) is 5.32 Å². The van der Waals surface area contributed by atoms with Gasteiger partial charge in [-0.05, 0) is 61.1 Å². The molecule has 0 aliphatic carbocycles. The number of hydrogen-bond acceptors (Lipinski definition) is 2. The average molecular weight is 385 g/mol. The van der Waals surface area contributed by atoms with Crippen LogP contribution in [-0.4, -0.2) is 18.5 Å². The highest BCUT2D eigenvalue weighted by atomic mass is 16.1. The molecule has 1 aliphatic rings. The number of nitrogens with one attached hydrogen (secondary N) is 1. The second kappa shape index (κ2) is 8.95. The normalized spacial score (nSPS) is 13.8. The van der Waals surface area contributed by atoms with Gasteiger partial charge in [-0.1, -0.05) is 60.7 Å². The van der Waals surface area contributed by atoms with Gasteiger partial charge in [-0.2, -0.15) is 0 Å². The lowest BCUT2D eigenvalue weighted by molar-refractivity contribution is 0.0938. The highest BCUT2D eigenvalue weighted by Gasteiger charge is 2.18. The number of fused-ring (bicyclic) bond motifs is 1. The number of amides is 1. The van der Waals surface area contributed by atoms with Gasteiger partial charge in [0.05, 0.1) is 0 Å². The van der Waals surface area contributed by atoms with Gasteiger partial charge in [0.1, 0.15) is 0 Å². The molecule has 0 saturated carbocycles. The van der Waals surface area contributed by atoms with Crippen molar-refractivity contribution >= 4 is 11.6 Å². The molecule has 29 heavy (non-hydrogen) atoms. The zero-order chi connectivity index (χ0) is 20.1. The first-order valence-corrected chi connectivity index (χ1v) is 10.5. The van der Waals surface area contributed by atoms with Gasteiger partial charge in [0.15, 0.2) is 0 Å². The minimum atomic E-state index is 0.00336. The van der Waals surface area contributed by atoms with Crippen LogP contribution < -0.4 is 10.2 Å². The number of nitrogens with zero attached hydrogens (tertiary/aromatic N) is 1. The molecule has 1 atom stereocenters. The minimum absolute atomic E-state index is 0.00336. The molecule has 1 amide bonds. The van der Waals surface area contributed by atoms with Crippen LogP contribution in [0.2, 0.25) is 0 Å². The van der Waals surface area contributed by atoms with E-state index in [4.69, 9.17) is 0 Å². The van der Waals surface area contributed by atoms with E-state index < -0.39 is 0 Å². The Hall–Kier alpha value is -3.07. The SMILES string of the molecule is C[C@H](CCc1ccccc1)NC(=O)c1ccc(CN2CCc3ccccc32)cc1. The third-order valence-corrected chi connectivity index (χ3v) is 5.66. The van der Waals surface area contributed by atoms with Crippen LogP contribution in [-0.2, 0) is 19.4 Å². The van der Waals surface area contributed by atoms with Crippen LogP contribution in [0, 0.1) is 0 Å². The lowest BCUT2D eigenvalue weighted by Gasteiger charge is -2.19. The molecule has 0 radical (unpaired) electrons. The van der Waals surface area contributed by atoms with Crippen molar-refractivity contribution in [1.29, 1.82) is 0 Å². The molecule has 1 aliphatic heterocycles. The fourth-order valence-corrected chi connectivity index (χ4v) is 3.96. The maximum atomic E-state index is 12.6. The lowest BCUT2D eigenvalue weighted by atomic mass is 10.1. The Morgan fingerprint density at radius 3 is 2.45 bits per heavy atom. The van der Waals surface area contributed by atoms with Gasteiger partial charge >= 0.3 is 0 Å². The first kappa shape index (κ1) is 19.3. The maximum absolute atomic E-state index is 12.6. The minimum Gasteiger partial charge on any atom is -0.367 e. The molecule has 148 valence electrons. The number of para-hydroxylation sites is 1. The Balaban J connectivity index is 1.30. The molecule has 3 nitrogen and oxygen atoms in total. The quantitative estimate of drug-likeness (QED) is 0.622. The molecule has 3 aromatic carbocycles. The summed E-state index contributed by atoms with van der Waals surface area (Å²) >= 11 is 0. The summed E-state index contributed by atoms with van der Waals surface area (Å²) in [4.78, 5) is 15.0. The summed E-state index contributed by atoms with van der Waals surface area (Å²) in [6, 6.07) is 27.2. The summed E-state index contributed by atoms with van der Waals surface area (Å²) < 4.78 is 0. The molecule has 0 aromatic heterocycles. The summed E-state index contributed by atoms with van der Waals surface area (Å²) in [6.45, 7) is 4.01. The van der Waals surface area contributed by atoms with E-state index in [0.717, 1.165) is 37.9 Å². The number of aryl methyl sites for hydroxylation is 1. The van der Waals surface area contributed by atoms with Crippen LogP contribution >= 0.6 is 0 Å². The van der Waals surface area contributed by atoms with Gasteiger partial charge in [-0.25, -0.2) is 0 Å². The number of hydrogen-bond donors (Lipinski definition) is 1. The Labute approximate surface area is 173 Å². The van der Waals surface area contributed by atoms with E-state index in [9.17, 15) is 4.79 Å². The zero-order valence-corrected chi connectivity index (χ0v) is 17.0. The fraction of sp³-hybridized carbons (Fsp3) is 0.269. The van der Waals surface area contributed by atoms with E-state index in [2.05, 4.69) is 77.8 Å². The van der Waals surface area contributed by atoms with Gasteiger partial charge in [-0.3, -0.25) is 4.79 Å². The topological polar surface area (TPSA) is 32.3 Å². The molecule has 1 N–H and O–H groups in total. The van der Waals surface area contributed by atoms with Crippen molar-refractivity contribution in [2.45, 2.75) is 38.8 Å². The van der Waals surface area contributed by atoms with Crippen molar-refractivity contribution in [3.05, 3.63) is 101 Å². The van der Waals surface area contributed by atoms with Crippen LogP contribution in [0.1, 0.15) is 40.4 Å². The Bertz CT molecular complexity index is 950. The van der Waals surface area contributed by atoms with Gasteiger partial charge in [-0.15, -0.1) is 0 Å². The molecule has 3 aromatic rings. The third-order valence-electron chi connectivity index (χ3n) is 5.66. The van der Waals surface area contributed by atoms with Crippen LogP contribution in [0.25, 0.3) is 0 Å². The number of rotatable bonds is 7. The van der Waals surface area contributed by atoms with Gasteiger partial charge in [0.25, 0.3) is 5.91 Å². The Morgan fingerprint density at radius 1 is 0.931 bits per heavy atom. The molecule has 3 heteroatoms. The van der Waals surface area contributed by atoms with Crippen molar-refractivity contribution in [3.8, 4) is 0 Å².